The number of amides is 1. The Morgan fingerprint density at radius 3 is 2.09 bits per heavy atom. The Kier molecular flexibility index (Phi) is 23.3. The predicted octanol–water partition coefficient (Wildman–Crippen LogP) is 7.84. The molecule has 0 aliphatic heterocycles. The highest BCUT2D eigenvalue weighted by molar-refractivity contribution is 5.79. The second-order valence-corrected chi connectivity index (χ2v) is 9.32. The van der Waals surface area contributed by atoms with E-state index in [9.17, 15) is 9.90 Å². The number of hydrogen-bond donors (Lipinski definition) is 1. The zero-order valence-electron chi connectivity index (χ0n) is 25.1. The van der Waals surface area contributed by atoms with E-state index in [-0.39, 0.29) is 29.3 Å². The molecule has 0 bridgehead atoms. The van der Waals surface area contributed by atoms with E-state index < -0.39 is 0 Å². The topological polar surface area (TPSA) is 40.5 Å². The molecule has 0 aromatic carbocycles. The minimum absolute atomic E-state index is 0.119. The van der Waals surface area contributed by atoms with Crippen molar-refractivity contribution in [2.75, 3.05) is 14.1 Å². The summed E-state index contributed by atoms with van der Waals surface area (Å²) in [6.07, 6.45) is 25.1. The molecule has 0 saturated heterocycles. The van der Waals surface area contributed by atoms with Gasteiger partial charge in [-0.05, 0) is 61.2 Å². The summed E-state index contributed by atoms with van der Waals surface area (Å²) in [4.78, 5) is 14.2. The predicted molar refractivity (Wildman–Crippen MR) is 156 cm³/mol. The molecule has 3 nitrogen and oxygen atoms in total. The van der Waals surface area contributed by atoms with Crippen molar-refractivity contribution in [1.29, 1.82) is 0 Å². The first-order valence-corrected chi connectivity index (χ1v) is 14.1. The first kappa shape index (κ1) is 37.8. The maximum absolute atomic E-state index is 12.6. The maximum atomic E-state index is 12.6. The van der Waals surface area contributed by atoms with Gasteiger partial charge in [0.15, 0.2) is 0 Å². The van der Waals surface area contributed by atoms with Gasteiger partial charge < -0.3 is 10.0 Å². The Morgan fingerprint density at radius 1 is 1.09 bits per heavy atom. The number of terminal acetylenes is 2. The van der Waals surface area contributed by atoms with Gasteiger partial charge >= 0.3 is 0 Å². The molecule has 2 aliphatic rings. The molecule has 0 aromatic rings. The summed E-state index contributed by atoms with van der Waals surface area (Å²) in [6.45, 7) is 18.8. The normalized spacial score (nSPS) is 26.7. The second kappa shape index (κ2) is 21.6. The smallest absolute Gasteiger partial charge is 0.226 e. The number of carbonyl (C=O) groups excluding carboxylic acids is 1. The summed E-state index contributed by atoms with van der Waals surface area (Å²) >= 11 is 0. The lowest BCUT2D eigenvalue weighted by molar-refractivity contribution is -0.134. The van der Waals surface area contributed by atoms with E-state index >= 15 is 0 Å². The molecule has 204 valence electrons. The molecule has 6 unspecified atom stereocenters. The molecule has 2 fully saturated rings. The summed E-state index contributed by atoms with van der Waals surface area (Å²) in [6, 6.07) is 0. The fraction of sp³-hybridized carbons (Fsp3) is 0.781. The molecule has 1 N–H and O–H groups in total. The number of hydrogen-bond acceptors (Lipinski definition) is 2. The van der Waals surface area contributed by atoms with Crippen LogP contribution in [0.1, 0.15) is 107 Å². The van der Waals surface area contributed by atoms with E-state index in [4.69, 9.17) is 6.42 Å². The third-order valence-corrected chi connectivity index (χ3v) is 7.54. The van der Waals surface area contributed by atoms with Gasteiger partial charge in [-0.1, -0.05) is 80.9 Å². The van der Waals surface area contributed by atoms with Crippen LogP contribution in [0.15, 0.2) is 12.2 Å². The fourth-order valence-electron chi connectivity index (χ4n) is 5.94. The zero-order valence-corrected chi connectivity index (χ0v) is 25.1. The lowest BCUT2D eigenvalue weighted by Gasteiger charge is -2.44. The molecule has 3 heteroatoms. The summed E-state index contributed by atoms with van der Waals surface area (Å²) in [5.74, 6) is 4.40. The molecule has 0 radical (unpaired) electrons. The van der Waals surface area contributed by atoms with Crippen LogP contribution in [0.3, 0.4) is 0 Å². The average molecular weight is 490 g/mol. The van der Waals surface area contributed by atoms with E-state index in [1.807, 2.05) is 41.5 Å². The van der Waals surface area contributed by atoms with Crippen LogP contribution in [0, 0.1) is 60.2 Å². The Balaban J connectivity index is -0.00000116. The van der Waals surface area contributed by atoms with E-state index in [2.05, 4.69) is 51.7 Å². The van der Waals surface area contributed by atoms with Gasteiger partial charge in [0.25, 0.3) is 0 Å². The largest absolute Gasteiger partial charge is 0.393 e. The van der Waals surface area contributed by atoms with E-state index in [1.165, 1.54) is 12.8 Å². The fourth-order valence-corrected chi connectivity index (χ4v) is 5.94. The van der Waals surface area contributed by atoms with Crippen LogP contribution >= 0.6 is 0 Å². The summed E-state index contributed by atoms with van der Waals surface area (Å²) in [7, 11) is 3.61. The van der Waals surface area contributed by atoms with Crippen molar-refractivity contribution in [3.05, 3.63) is 12.2 Å². The van der Waals surface area contributed by atoms with Crippen LogP contribution in [0.4, 0.5) is 0 Å². The van der Waals surface area contributed by atoms with Gasteiger partial charge in [-0.3, -0.25) is 4.79 Å². The van der Waals surface area contributed by atoms with Crippen LogP contribution < -0.4 is 0 Å². The van der Waals surface area contributed by atoms with Crippen LogP contribution in [0.5, 0.6) is 0 Å². The van der Waals surface area contributed by atoms with Gasteiger partial charge in [-0.25, -0.2) is 0 Å². The summed E-state index contributed by atoms with van der Waals surface area (Å²) in [5.41, 5.74) is 0.251. The second-order valence-electron chi connectivity index (χ2n) is 9.32. The van der Waals surface area contributed by atoms with Gasteiger partial charge in [-0.15, -0.1) is 25.2 Å². The quantitative estimate of drug-likeness (QED) is 0.292. The molecular weight excluding hydrogens is 430 g/mol. The minimum atomic E-state index is -0.137. The molecule has 2 aliphatic carbocycles. The van der Waals surface area contributed by atoms with Crippen molar-refractivity contribution in [3.8, 4) is 25.2 Å². The standard InChI is InChI=1S/C24H39NO2.3C2H6.C2H2/c1-7-10-19(23(27)25(5)6)18(8-2)13-12-17(3)20-14-15-21-22(26)11-9-16-24(20,21)4;4*1-2/h1,12-13,17-22,26H,8-11,14-16H2,2-6H3;3*1-2H3;1-2H/b13-12+;;;;/t17?,18?,19?,20?,21?,22?,24-;;;;/m1..../s1. The number of carbonyl (C=O) groups is 1. The van der Waals surface area contributed by atoms with Crippen molar-refractivity contribution in [3.63, 3.8) is 0 Å². The van der Waals surface area contributed by atoms with Gasteiger partial charge in [-0.2, -0.15) is 0 Å². The van der Waals surface area contributed by atoms with Crippen LogP contribution in [-0.4, -0.2) is 36.1 Å². The van der Waals surface area contributed by atoms with E-state index in [0.717, 1.165) is 25.7 Å². The maximum Gasteiger partial charge on any atom is 0.226 e. The number of aliphatic hydroxyl groups is 1. The third kappa shape index (κ3) is 10.8. The molecule has 2 saturated carbocycles. The molecule has 1 amide bonds. The lowest BCUT2D eigenvalue weighted by atomic mass is 9.62. The first-order valence-electron chi connectivity index (χ1n) is 14.1. The number of aliphatic hydroxyl groups excluding tert-OH is 1. The number of nitrogens with zero attached hydrogens (tertiary/aromatic N) is 1. The van der Waals surface area contributed by atoms with Crippen LogP contribution in [-0.2, 0) is 4.79 Å². The molecule has 7 atom stereocenters. The Labute approximate surface area is 220 Å². The zero-order chi connectivity index (χ0) is 28.2. The third-order valence-electron chi connectivity index (χ3n) is 7.54. The molecular formula is C32H59NO2. The van der Waals surface area contributed by atoms with E-state index in [0.29, 0.717) is 24.2 Å². The SMILES string of the molecule is C#C.C#CCC(C(=O)N(C)C)C(/C=C/C(C)C1CCC2C(O)CCC[C@]12C)CC.CC.CC.CC. The van der Waals surface area contributed by atoms with Crippen LogP contribution in [0.25, 0.3) is 0 Å². The molecule has 2 rings (SSSR count). The highest BCUT2D eigenvalue weighted by Crippen LogP contribution is 2.57. The van der Waals surface area contributed by atoms with Crippen molar-refractivity contribution < 1.29 is 9.90 Å². The Bertz CT molecular complexity index is 615. The number of rotatable bonds is 7. The number of allylic oxidation sites excluding steroid dienone is 2. The minimum Gasteiger partial charge on any atom is -0.393 e. The Morgan fingerprint density at radius 2 is 1.63 bits per heavy atom. The highest BCUT2D eigenvalue weighted by Gasteiger charge is 2.51. The van der Waals surface area contributed by atoms with Gasteiger partial charge in [0.1, 0.15) is 0 Å². The monoisotopic (exact) mass is 489 g/mol. The highest BCUT2D eigenvalue weighted by atomic mass is 16.3. The summed E-state index contributed by atoms with van der Waals surface area (Å²) < 4.78 is 0. The van der Waals surface area contributed by atoms with Crippen molar-refractivity contribution >= 4 is 5.91 Å². The Hall–Kier alpha value is -1.71. The van der Waals surface area contributed by atoms with Crippen molar-refractivity contribution in [2.24, 2.45) is 35.0 Å². The molecule has 35 heavy (non-hydrogen) atoms. The van der Waals surface area contributed by atoms with Crippen LogP contribution in [0.2, 0.25) is 0 Å². The molecule has 0 heterocycles. The molecule has 0 spiro atoms. The number of fused-ring (bicyclic) bond motifs is 1. The molecule has 0 aromatic heterocycles. The average Bonchev–Trinajstić information content (AvgIpc) is 3.26. The summed E-state index contributed by atoms with van der Waals surface area (Å²) in [5, 5.41) is 10.5. The van der Waals surface area contributed by atoms with Crippen molar-refractivity contribution in [1.82, 2.24) is 4.90 Å². The van der Waals surface area contributed by atoms with Gasteiger partial charge in [0, 0.05) is 20.5 Å². The van der Waals surface area contributed by atoms with Gasteiger partial charge in [0.05, 0.1) is 12.0 Å². The lowest BCUT2D eigenvalue weighted by Crippen LogP contribution is -2.41. The van der Waals surface area contributed by atoms with E-state index in [1.54, 1.807) is 19.0 Å². The first-order chi connectivity index (χ1) is 16.8. The van der Waals surface area contributed by atoms with Gasteiger partial charge in [0.2, 0.25) is 5.91 Å². The van der Waals surface area contributed by atoms with Crippen molar-refractivity contribution in [2.45, 2.75) is 113 Å².